The van der Waals surface area contributed by atoms with Crippen molar-refractivity contribution in [3.8, 4) is 0 Å². The molecule has 0 aromatic heterocycles. The quantitative estimate of drug-likeness (QED) is 0.563. The Balaban J connectivity index is 0.00000162. The van der Waals surface area contributed by atoms with Crippen molar-refractivity contribution in [2.45, 2.75) is 39.0 Å². The van der Waals surface area contributed by atoms with Crippen molar-refractivity contribution in [2.24, 2.45) is 17.8 Å². The van der Waals surface area contributed by atoms with Crippen molar-refractivity contribution < 1.29 is 14.4 Å². The molecule has 0 aromatic rings. The molecule has 2 rings (SSSR count). The first kappa shape index (κ1) is 15.7. The zero-order valence-electron chi connectivity index (χ0n) is 9.99. The first-order valence-corrected chi connectivity index (χ1v) is 6.25. The predicted octanol–water partition coefficient (Wildman–Crippen LogP) is 0.536. The number of barbiturate groups is 1. The zero-order chi connectivity index (χ0) is 12.4. The van der Waals surface area contributed by atoms with Gasteiger partial charge in [0, 0.05) is 0 Å². The summed E-state index contributed by atoms with van der Waals surface area (Å²) in [5, 5.41) is 4.34. The fraction of sp³-hybridized carbons (Fsp3) is 0.750. The average molecular weight is 262 g/mol. The summed E-state index contributed by atoms with van der Waals surface area (Å²) in [6.07, 6.45) is 5.73. The van der Waals surface area contributed by atoms with Gasteiger partial charge in [0.25, 0.3) is 0 Å². The molecule has 0 radical (unpaired) electrons. The Morgan fingerprint density at radius 1 is 1.00 bits per heavy atom. The standard InChI is InChI=1S/C12H18N2O3.Na.H/c1-7(8-5-3-2-4-6-8)9-10(15)13-12(17)14-11(9)16;;/h7-9H,2-6H2,1H3,(H2,13,14,15,16,17);;. The summed E-state index contributed by atoms with van der Waals surface area (Å²) >= 11 is 0. The van der Waals surface area contributed by atoms with E-state index in [0.717, 1.165) is 12.8 Å². The van der Waals surface area contributed by atoms with Gasteiger partial charge in [0.05, 0.1) is 0 Å². The second kappa shape index (κ2) is 6.68. The average Bonchev–Trinajstić information content (AvgIpc) is 2.28. The minimum absolute atomic E-state index is 0. The summed E-state index contributed by atoms with van der Waals surface area (Å²) in [4.78, 5) is 34.4. The maximum atomic E-state index is 11.7. The molecule has 1 atom stereocenters. The summed E-state index contributed by atoms with van der Waals surface area (Å²) in [6, 6.07) is -0.702. The molecule has 5 nitrogen and oxygen atoms in total. The number of carbonyl (C=O) groups is 3. The van der Waals surface area contributed by atoms with Crippen LogP contribution in [0.5, 0.6) is 0 Å². The predicted molar refractivity (Wildman–Crippen MR) is 68.1 cm³/mol. The molecule has 1 aliphatic carbocycles. The maximum absolute atomic E-state index is 11.7. The molecule has 1 saturated heterocycles. The van der Waals surface area contributed by atoms with Crippen LogP contribution in [0, 0.1) is 17.8 Å². The Kier molecular flexibility index (Phi) is 5.82. The van der Waals surface area contributed by atoms with Crippen LogP contribution < -0.4 is 10.6 Å². The van der Waals surface area contributed by atoms with Crippen LogP contribution in [-0.4, -0.2) is 47.4 Å². The Bertz CT molecular complexity index is 333. The molecule has 4 amide bonds. The molecule has 96 valence electrons. The molecule has 0 bridgehead atoms. The molecule has 1 aliphatic heterocycles. The number of urea groups is 1. The van der Waals surface area contributed by atoms with E-state index in [1.807, 2.05) is 6.92 Å². The van der Waals surface area contributed by atoms with Gasteiger partial charge in [0.2, 0.25) is 11.8 Å². The summed E-state index contributed by atoms with van der Waals surface area (Å²) < 4.78 is 0. The molecule has 18 heavy (non-hydrogen) atoms. The van der Waals surface area contributed by atoms with Crippen LogP contribution in [0.3, 0.4) is 0 Å². The number of amides is 4. The van der Waals surface area contributed by atoms with Crippen LogP contribution in [0.25, 0.3) is 0 Å². The van der Waals surface area contributed by atoms with Crippen molar-refractivity contribution in [1.82, 2.24) is 10.6 Å². The number of imide groups is 2. The van der Waals surface area contributed by atoms with Gasteiger partial charge >= 0.3 is 35.6 Å². The molecular weight excluding hydrogens is 243 g/mol. The van der Waals surface area contributed by atoms with Crippen molar-refractivity contribution in [1.29, 1.82) is 0 Å². The van der Waals surface area contributed by atoms with Crippen LogP contribution >= 0.6 is 0 Å². The number of rotatable bonds is 2. The van der Waals surface area contributed by atoms with Crippen LogP contribution in [0.15, 0.2) is 0 Å². The van der Waals surface area contributed by atoms with Gasteiger partial charge < -0.3 is 0 Å². The minimum atomic E-state index is -0.712. The number of nitrogens with one attached hydrogen (secondary N) is 2. The van der Waals surface area contributed by atoms with Crippen molar-refractivity contribution in [3.05, 3.63) is 0 Å². The zero-order valence-corrected chi connectivity index (χ0v) is 9.99. The SMILES string of the molecule is CC(C1CCCCC1)C1C(=O)NC(=O)NC1=O.[NaH]. The van der Waals surface area contributed by atoms with E-state index < -0.39 is 23.8 Å². The van der Waals surface area contributed by atoms with Gasteiger partial charge in [-0.05, 0) is 11.8 Å². The summed E-state index contributed by atoms with van der Waals surface area (Å²) in [5.41, 5.74) is 0. The number of carbonyl (C=O) groups excluding carboxylic acids is 3. The van der Waals surface area contributed by atoms with Gasteiger partial charge in [-0.25, -0.2) is 4.79 Å². The molecule has 1 unspecified atom stereocenters. The first-order valence-electron chi connectivity index (χ1n) is 6.25. The van der Waals surface area contributed by atoms with Gasteiger partial charge in [0.1, 0.15) is 5.92 Å². The Morgan fingerprint density at radius 2 is 1.50 bits per heavy atom. The van der Waals surface area contributed by atoms with E-state index in [1.54, 1.807) is 0 Å². The molecule has 6 heteroatoms. The Morgan fingerprint density at radius 3 is 2.00 bits per heavy atom. The van der Waals surface area contributed by atoms with E-state index in [4.69, 9.17) is 0 Å². The van der Waals surface area contributed by atoms with E-state index in [0.29, 0.717) is 5.92 Å². The van der Waals surface area contributed by atoms with E-state index in [1.165, 1.54) is 19.3 Å². The summed E-state index contributed by atoms with van der Waals surface area (Å²) in [5.74, 6) is -1.19. The topological polar surface area (TPSA) is 75.3 Å². The summed E-state index contributed by atoms with van der Waals surface area (Å²) in [6.45, 7) is 1.94. The van der Waals surface area contributed by atoms with E-state index in [9.17, 15) is 14.4 Å². The normalized spacial score (nSPS) is 23.9. The number of hydrogen-bond donors (Lipinski definition) is 2. The number of hydrogen-bond acceptors (Lipinski definition) is 3. The van der Waals surface area contributed by atoms with Gasteiger partial charge in [-0.2, -0.15) is 0 Å². The Hall–Kier alpha value is -0.390. The second-order valence-corrected chi connectivity index (χ2v) is 5.04. The third-order valence-corrected chi connectivity index (χ3v) is 3.96. The van der Waals surface area contributed by atoms with E-state index in [-0.39, 0.29) is 35.5 Å². The summed E-state index contributed by atoms with van der Waals surface area (Å²) in [7, 11) is 0. The second-order valence-electron chi connectivity index (χ2n) is 5.04. The molecule has 2 aliphatic rings. The van der Waals surface area contributed by atoms with Crippen LogP contribution in [0.1, 0.15) is 39.0 Å². The first-order chi connectivity index (χ1) is 8.09. The molecule has 0 aromatic carbocycles. The van der Waals surface area contributed by atoms with E-state index in [2.05, 4.69) is 10.6 Å². The Labute approximate surface area is 129 Å². The van der Waals surface area contributed by atoms with Gasteiger partial charge in [-0.15, -0.1) is 0 Å². The molecular formula is C12H19N2NaO3. The van der Waals surface area contributed by atoms with Gasteiger partial charge in [-0.1, -0.05) is 39.0 Å². The van der Waals surface area contributed by atoms with Crippen LogP contribution in [-0.2, 0) is 9.59 Å². The van der Waals surface area contributed by atoms with Crippen molar-refractivity contribution >= 4 is 47.4 Å². The third-order valence-electron chi connectivity index (χ3n) is 3.96. The molecule has 2 N–H and O–H groups in total. The third kappa shape index (κ3) is 3.33. The van der Waals surface area contributed by atoms with Crippen LogP contribution in [0.4, 0.5) is 4.79 Å². The van der Waals surface area contributed by atoms with E-state index >= 15 is 0 Å². The fourth-order valence-corrected chi connectivity index (χ4v) is 2.94. The fourth-order valence-electron chi connectivity index (χ4n) is 2.94. The van der Waals surface area contributed by atoms with Crippen molar-refractivity contribution in [2.75, 3.05) is 0 Å². The van der Waals surface area contributed by atoms with Gasteiger partial charge in [-0.3, -0.25) is 20.2 Å². The monoisotopic (exact) mass is 262 g/mol. The molecule has 2 fully saturated rings. The van der Waals surface area contributed by atoms with Gasteiger partial charge in [0.15, 0.2) is 0 Å². The van der Waals surface area contributed by atoms with Crippen molar-refractivity contribution in [3.63, 3.8) is 0 Å². The molecule has 1 heterocycles. The molecule has 1 saturated carbocycles. The van der Waals surface area contributed by atoms with Crippen LogP contribution in [0.2, 0.25) is 0 Å². The molecule has 0 spiro atoms.